The van der Waals surface area contributed by atoms with Crippen molar-refractivity contribution >= 4 is 17.5 Å². The molecule has 0 N–H and O–H groups in total. The summed E-state index contributed by atoms with van der Waals surface area (Å²) in [6.07, 6.45) is 6.34. The van der Waals surface area contributed by atoms with E-state index in [0.717, 1.165) is 77.3 Å². The first-order valence-corrected chi connectivity index (χ1v) is 11.3. The molecule has 0 radical (unpaired) electrons. The average molecular weight is 399 g/mol. The second-order valence-corrected chi connectivity index (χ2v) is 8.59. The van der Waals surface area contributed by atoms with Crippen LogP contribution in [-0.2, 0) is 16.0 Å². The molecule has 3 heterocycles. The van der Waals surface area contributed by atoms with Crippen LogP contribution in [0.15, 0.2) is 24.3 Å². The molecule has 3 aliphatic rings. The van der Waals surface area contributed by atoms with Crippen LogP contribution >= 0.6 is 0 Å². The van der Waals surface area contributed by atoms with Crippen LogP contribution in [-0.4, -0.2) is 85.4 Å². The molecule has 0 aliphatic carbocycles. The second kappa shape index (κ2) is 9.72. The van der Waals surface area contributed by atoms with Crippen molar-refractivity contribution in [2.75, 3.05) is 63.8 Å². The van der Waals surface area contributed by atoms with Gasteiger partial charge in [0, 0.05) is 64.5 Å². The molecular formula is C23H34N4O2. The molecule has 6 heteroatoms. The zero-order valence-electron chi connectivity index (χ0n) is 17.5. The van der Waals surface area contributed by atoms with E-state index in [-0.39, 0.29) is 5.91 Å². The summed E-state index contributed by atoms with van der Waals surface area (Å²) in [5.74, 6) is 0.525. The topological polar surface area (TPSA) is 47.1 Å². The molecule has 0 atom stereocenters. The van der Waals surface area contributed by atoms with Crippen LogP contribution < -0.4 is 4.90 Å². The second-order valence-electron chi connectivity index (χ2n) is 8.59. The highest BCUT2D eigenvalue weighted by Crippen LogP contribution is 2.27. The zero-order chi connectivity index (χ0) is 20.1. The molecule has 6 nitrogen and oxygen atoms in total. The van der Waals surface area contributed by atoms with E-state index in [1.54, 1.807) is 0 Å². The number of hydrogen-bond acceptors (Lipinski definition) is 4. The smallest absolute Gasteiger partial charge is 0.236 e. The predicted molar refractivity (Wildman–Crippen MR) is 115 cm³/mol. The van der Waals surface area contributed by atoms with Crippen molar-refractivity contribution in [3.05, 3.63) is 29.8 Å². The number of amides is 2. The molecule has 0 bridgehead atoms. The number of piperazine rings is 1. The Morgan fingerprint density at radius 3 is 2.21 bits per heavy atom. The highest BCUT2D eigenvalue weighted by molar-refractivity contribution is 5.95. The number of fused-ring (bicyclic) bond motifs is 1. The lowest BCUT2D eigenvalue weighted by Gasteiger charge is -2.35. The maximum Gasteiger partial charge on any atom is 0.236 e. The predicted octanol–water partition coefficient (Wildman–Crippen LogP) is 1.99. The Morgan fingerprint density at radius 2 is 1.45 bits per heavy atom. The number of anilines is 1. The van der Waals surface area contributed by atoms with Gasteiger partial charge in [0.2, 0.25) is 11.8 Å². The number of carbonyl (C=O) groups is 2. The maximum atomic E-state index is 12.7. The van der Waals surface area contributed by atoms with E-state index in [4.69, 9.17) is 0 Å². The van der Waals surface area contributed by atoms with Gasteiger partial charge in [0.05, 0.1) is 6.54 Å². The molecular weight excluding hydrogens is 364 g/mol. The largest absolute Gasteiger partial charge is 0.342 e. The fourth-order valence-corrected chi connectivity index (χ4v) is 4.77. The Hall–Kier alpha value is -1.92. The highest BCUT2D eigenvalue weighted by Gasteiger charge is 2.26. The minimum atomic E-state index is 0.230. The Labute approximate surface area is 174 Å². The van der Waals surface area contributed by atoms with Crippen LogP contribution in [0.4, 0.5) is 5.69 Å². The van der Waals surface area contributed by atoms with Crippen LogP contribution in [0.2, 0.25) is 0 Å². The summed E-state index contributed by atoms with van der Waals surface area (Å²) in [6.45, 7) is 7.75. The maximum absolute atomic E-state index is 12.7. The summed E-state index contributed by atoms with van der Waals surface area (Å²) in [5, 5.41) is 0. The zero-order valence-corrected chi connectivity index (χ0v) is 17.5. The number of likely N-dealkylation sites (tertiary alicyclic amines) is 1. The van der Waals surface area contributed by atoms with Crippen molar-refractivity contribution in [1.29, 1.82) is 0 Å². The molecule has 0 spiro atoms. The van der Waals surface area contributed by atoms with Gasteiger partial charge in [0.25, 0.3) is 0 Å². The minimum absolute atomic E-state index is 0.230. The average Bonchev–Trinajstić information content (AvgIpc) is 2.98. The summed E-state index contributed by atoms with van der Waals surface area (Å²) in [7, 11) is 0. The molecule has 1 aromatic carbocycles. The molecule has 29 heavy (non-hydrogen) atoms. The third-order valence-electron chi connectivity index (χ3n) is 6.61. The summed E-state index contributed by atoms with van der Waals surface area (Å²) >= 11 is 0. The molecule has 1 aromatic rings. The third-order valence-corrected chi connectivity index (χ3v) is 6.61. The Bertz CT molecular complexity index is 707. The summed E-state index contributed by atoms with van der Waals surface area (Å²) in [5.41, 5.74) is 2.37. The number of carbonyl (C=O) groups excluding carboxylic acids is 2. The molecule has 0 unspecified atom stereocenters. The third kappa shape index (κ3) is 5.17. The van der Waals surface area contributed by atoms with Crippen LogP contribution in [0.25, 0.3) is 0 Å². The number of hydrogen-bond donors (Lipinski definition) is 0. The number of nitrogens with zero attached hydrogens (tertiary/aromatic N) is 4. The number of benzene rings is 1. The van der Waals surface area contributed by atoms with Crippen molar-refractivity contribution in [3.63, 3.8) is 0 Å². The van der Waals surface area contributed by atoms with Crippen molar-refractivity contribution in [2.24, 2.45) is 0 Å². The minimum Gasteiger partial charge on any atom is -0.342 e. The van der Waals surface area contributed by atoms with Gasteiger partial charge in [-0.1, -0.05) is 31.0 Å². The molecule has 0 saturated carbocycles. The normalized spacial score (nSPS) is 21.1. The summed E-state index contributed by atoms with van der Waals surface area (Å²) in [6, 6.07) is 8.23. The van der Waals surface area contributed by atoms with Crippen LogP contribution in [0, 0.1) is 0 Å². The van der Waals surface area contributed by atoms with Crippen LogP contribution in [0.1, 0.15) is 37.7 Å². The van der Waals surface area contributed by atoms with Gasteiger partial charge >= 0.3 is 0 Å². The highest BCUT2D eigenvalue weighted by atomic mass is 16.2. The Balaban J connectivity index is 1.17. The SMILES string of the molecule is O=C(CN1CCN(CCC(=O)N2CCc3ccccc32)CC1)N1CCCCCC1. The van der Waals surface area contributed by atoms with E-state index in [0.29, 0.717) is 18.9 Å². The molecule has 4 rings (SSSR count). The molecule has 0 aromatic heterocycles. The lowest BCUT2D eigenvalue weighted by molar-refractivity contribution is -0.132. The monoisotopic (exact) mass is 398 g/mol. The number of para-hydroxylation sites is 1. The fraction of sp³-hybridized carbons (Fsp3) is 0.652. The van der Waals surface area contributed by atoms with Gasteiger partial charge in [-0.3, -0.25) is 14.5 Å². The van der Waals surface area contributed by atoms with Gasteiger partial charge in [-0.25, -0.2) is 0 Å². The van der Waals surface area contributed by atoms with Gasteiger partial charge in [-0.15, -0.1) is 0 Å². The van der Waals surface area contributed by atoms with Gasteiger partial charge in [0.1, 0.15) is 0 Å². The molecule has 2 amide bonds. The van der Waals surface area contributed by atoms with Crippen molar-refractivity contribution in [3.8, 4) is 0 Å². The first kappa shape index (κ1) is 20.4. The summed E-state index contributed by atoms with van der Waals surface area (Å²) < 4.78 is 0. The lowest BCUT2D eigenvalue weighted by atomic mass is 10.2. The first-order chi connectivity index (χ1) is 14.2. The number of rotatable bonds is 5. The van der Waals surface area contributed by atoms with Crippen molar-refractivity contribution in [1.82, 2.24) is 14.7 Å². The van der Waals surface area contributed by atoms with E-state index >= 15 is 0 Å². The van der Waals surface area contributed by atoms with Crippen molar-refractivity contribution < 1.29 is 9.59 Å². The quantitative estimate of drug-likeness (QED) is 0.761. The van der Waals surface area contributed by atoms with Gasteiger partial charge in [0.15, 0.2) is 0 Å². The van der Waals surface area contributed by atoms with Gasteiger partial charge in [-0.2, -0.15) is 0 Å². The van der Waals surface area contributed by atoms with Crippen LogP contribution in [0.5, 0.6) is 0 Å². The molecule has 2 saturated heterocycles. The van der Waals surface area contributed by atoms with E-state index in [1.807, 2.05) is 17.0 Å². The van der Waals surface area contributed by atoms with Crippen molar-refractivity contribution in [2.45, 2.75) is 38.5 Å². The van der Waals surface area contributed by atoms with Gasteiger partial charge in [-0.05, 0) is 30.9 Å². The molecule has 3 aliphatic heterocycles. The van der Waals surface area contributed by atoms with E-state index in [1.165, 1.54) is 18.4 Å². The molecule has 158 valence electrons. The lowest BCUT2D eigenvalue weighted by Crippen LogP contribution is -2.50. The fourth-order valence-electron chi connectivity index (χ4n) is 4.77. The Morgan fingerprint density at radius 1 is 0.759 bits per heavy atom. The summed E-state index contributed by atoms with van der Waals surface area (Å²) in [4.78, 5) is 33.9. The van der Waals surface area contributed by atoms with Gasteiger partial charge < -0.3 is 14.7 Å². The van der Waals surface area contributed by atoms with E-state index in [9.17, 15) is 9.59 Å². The standard InChI is InChI=1S/C23H34N4O2/c28-22(27-14-9-20-7-3-4-8-21(20)27)10-13-24-15-17-25(18-16-24)19-23(29)26-11-5-1-2-6-12-26/h3-4,7-8H,1-2,5-6,9-19H2. The first-order valence-electron chi connectivity index (χ1n) is 11.3. The van der Waals surface area contributed by atoms with Crippen LogP contribution in [0.3, 0.4) is 0 Å². The van der Waals surface area contributed by atoms with E-state index < -0.39 is 0 Å². The Kier molecular flexibility index (Phi) is 6.82. The van der Waals surface area contributed by atoms with E-state index in [2.05, 4.69) is 26.8 Å². The molecule has 2 fully saturated rings.